The first-order valence-electron chi connectivity index (χ1n) is 4.18. The van der Waals surface area contributed by atoms with Gasteiger partial charge in [-0.15, -0.1) is 0 Å². The number of nitrogens with one attached hydrogen (secondary N) is 1. The molecule has 6 heteroatoms. The van der Waals surface area contributed by atoms with Crippen LogP contribution in [0.5, 0.6) is 0 Å². The van der Waals surface area contributed by atoms with Gasteiger partial charge in [0.15, 0.2) is 0 Å². The maximum atomic E-state index is 11.1. The van der Waals surface area contributed by atoms with E-state index >= 15 is 0 Å². The third-order valence-corrected chi connectivity index (χ3v) is 1.52. The lowest BCUT2D eigenvalue weighted by molar-refractivity contribution is -0.137. The van der Waals surface area contributed by atoms with Crippen LogP contribution in [0.1, 0.15) is 19.8 Å². The maximum absolute atomic E-state index is 11.1. The van der Waals surface area contributed by atoms with Gasteiger partial charge in [0, 0.05) is 6.42 Å². The van der Waals surface area contributed by atoms with Gasteiger partial charge < -0.3 is 16.2 Å². The zero-order chi connectivity index (χ0) is 11.1. The minimum atomic E-state index is -1.00. The number of rotatable bonds is 6. The Balaban J connectivity index is 3.76. The molecule has 0 aromatic heterocycles. The van der Waals surface area contributed by atoms with Crippen molar-refractivity contribution in [2.75, 3.05) is 6.54 Å². The molecule has 0 saturated carbocycles. The zero-order valence-corrected chi connectivity index (χ0v) is 7.95. The third kappa shape index (κ3) is 6.13. The molecular formula is C8H14N2O4. The molecule has 0 bridgehead atoms. The van der Waals surface area contributed by atoms with Gasteiger partial charge in [0.1, 0.15) is 5.78 Å². The molecule has 0 saturated heterocycles. The number of amides is 1. The molecule has 0 aromatic carbocycles. The van der Waals surface area contributed by atoms with Gasteiger partial charge in [-0.2, -0.15) is 0 Å². The summed E-state index contributed by atoms with van der Waals surface area (Å²) in [6.07, 6.45) is -0.0896. The normalized spacial score (nSPS) is 11.9. The second-order valence-electron chi connectivity index (χ2n) is 2.96. The van der Waals surface area contributed by atoms with Gasteiger partial charge in [-0.1, -0.05) is 0 Å². The molecule has 80 valence electrons. The van der Waals surface area contributed by atoms with Crippen LogP contribution in [0.3, 0.4) is 0 Å². The van der Waals surface area contributed by atoms with E-state index in [1.807, 2.05) is 0 Å². The lowest BCUT2D eigenvalue weighted by Gasteiger charge is -2.09. The van der Waals surface area contributed by atoms with Crippen LogP contribution < -0.4 is 11.1 Å². The van der Waals surface area contributed by atoms with Crippen LogP contribution in [0, 0.1) is 0 Å². The monoisotopic (exact) mass is 202 g/mol. The quantitative estimate of drug-likeness (QED) is 0.505. The first kappa shape index (κ1) is 12.6. The van der Waals surface area contributed by atoms with Crippen molar-refractivity contribution in [2.45, 2.75) is 25.8 Å². The highest BCUT2D eigenvalue weighted by Crippen LogP contribution is 1.94. The van der Waals surface area contributed by atoms with Crippen LogP contribution in [0.15, 0.2) is 0 Å². The van der Waals surface area contributed by atoms with Gasteiger partial charge >= 0.3 is 5.97 Å². The highest BCUT2D eigenvalue weighted by molar-refractivity contribution is 5.87. The van der Waals surface area contributed by atoms with Gasteiger partial charge in [0.05, 0.1) is 12.6 Å². The molecular weight excluding hydrogens is 188 g/mol. The number of carbonyl (C=O) groups is 3. The summed E-state index contributed by atoms with van der Waals surface area (Å²) in [5.74, 6) is -1.68. The summed E-state index contributed by atoms with van der Waals surface area (Å²) in [4.78, 5) is 31.7. The van der Waals surface area contributed by atoms with Crippen molar-refractivity contribution in [3.63, 3.8) is 0 Å². The van der Waals surface area contributed by atoms with E-state index in [1.165, 1.54) is 6.92 Å². The minimum Gasteiger partial charge on any atom is -0.481 e. The van der Waals surface area contributed by atoms with Crippen molar-refractivity contribution in [3.8, 4) is 0 Å². The number of carboxylic acid groups (broad SMARTS) is 1. The van der Waals surface area contributed by atoms with Crippen LogP contribution in [0.25, 0.3) is 0 Å². The largest absolute Gasteiger partial charge is 0.481 e. The van der Waals surface area contributed by atoms with Crippen molar-refractivity contribution in [3.05, 3.63) is 0 Å². The van der Waals surface area contributed by atoms with E-state index in [9.17, 15) is 14.4 Å². The number of hydrogen-bond acceptors (Lipinski definition) is 4. The van der Waals surface area contributed by atoms with Gasteiger partial charge in [0.25, 0.3) is 0 Å². The Bertz CT molecular complexity index is 239. The molecule has 4 N–H and O–H groups in total. The van der Waals surface area contributed by atoms with Gasteiger partial charge in [-0.25, -0.2) is 0 Å². The number of carbonyl (C=O) groups excluding carboxylic acids is 2. The zero-order valence-electron chi connectivity index (χ0n) is 7.95. The Kier molecular flexibility index (Phi) is 5.47. The average molecular weight is 202 g/mol. The lowest BCUT2D eigenvalue weighted by Crippen LogP contribution is -2.42. The van der Waals surface area contributed by atoms with E-state index in [-0.39, 0.29) is 25.2 Å². The Hall–Kier alpha value is -1.43. The highest BCUT2D eigenvalue weighted by Gasteiger charge is 2.14. The molecule has 14 heavy (non-hydrogen) atoms. The van der Waals surface area contributed by atoms with Gasteiger partial charge in [-0.05, 0) is 13.3 Å². The lowest BCUT2D eigenvalue weighted by atomic mass is 10.1. The summed E-state index contributed by atoms with van der Waals surface area (Å²) in [7, 11) is 0. The van der Waals surface area contributed by atoms with E-state index in [0.29, 0.717) is 0 Å². The number of nitrogens with two attached hydrogens (primary N) is 1. The van der Waals surface area contributed by atoms with E-state index < -0.39 is 17.9 Å². The first-order chi connectivity index (χ1) is 6.43. The summed E-state index contributed by atoms with van der Waals surface area (Å²) in [5.41, 5.74) is 5.37. The highest BCUT2D eigenvalue weighted by atomic mass is 16.4. The molecule has 0 rings (SSSR count). The predicted molar refractivity (Wildman–Crippen MR) is 48.5 cm³/mol. The van der Waals surface area contributed by atoms with Crippen LogP contribution in [-0.2, 0) is 14.4 Å². The summed E-state index contributed by atoms with van der Waals surface area (Å²) in [5, 5.41) is 10.6. The molecule has 0 aliphatic carbocycles. The second-order valence-corrected chi connectivity index (χ2v) is 2.96. The van der Waals surface area contributed by atoms with Crippen LogP contribution in [0.2, 0.25) is 0 Å². The maximum Gasteiger partial charge on any atom is 0.303 e. The Morgan fingerprint density at radius 1 is 1.43 bits per heavy atom. The number of ketones is 1. The molecule has 0 radical (unpaired) electrons. The SMILES string of the molecule is CC(=O)CNC(=O)C(N)CCC(=O)O. The number of hydrogen-bond donors (Lipinski definition) is 3. The summed E-state index contributed by atoms with van der Waals surface area (Å²) < 4.78 is 0. The average Bonchev–Trinajstić information content (AvgIpc) is 2.09. The predicted octanol–water partition coefficient (Wildman–Crippen LogP) is -1.12. The fourth-order valence-electron chi connectivity index (χ4n) is 0.753. The van der Waals surface area contributed by atoms with E-state index in [0.717, 1.165) is 0 Å². The topological polar surface area (TPSA) is 109 Å². The summed E-state index contributed by atoms with van der Waals surface area (Å²) in [6.45, 7) is 1.27. The fraction of sp³-hybridized carbons (Fsp3) is 0.625. The van der Waals surface area contributed by atoms with Crippen LogP contribution in [0.4, 0.5) is 0 Å². The van der Waals surface area contributed by atoms with Crippen molar-refractivity contribution in [2.24, 2.45) is 5.73 Å². The number of Topliss-reactive ketones (excluding diaryl/α,β-unsaturated/α-hetero) is 1. The molecule has 0 aliphatic rings. The second kappa shape index (κ2) is 6.09. The van der Waals surface area contributed by atoms with Crippen molar-refractivity contribution in [1.82, 2.24) is 5.32 Å². The van der Waals surface area contributed by atoms with E-state index in [2.05, 4.69) is 5.32 Å². The smallest absolute Gasteiger partial charge is 0.303 e. The first-order valence-corrected chi connectivity index (χ1v) is 4.18. The van der Waals surface area contributed by atoms with Gasteiger partial charge in [-0.3, -0.25) is 14.4 Å². The molecule has 0 aliphatic heterocycles. The van der Waals surface area contributed by atoms with Crippen molar-refractivity contribution >= 4 is 17.7 Å². The molecule has 0 spiro atoms. The fourth-order valence-corrected chi connectivity index (χ4v) is 0.753. The van der Waals surface area contributed by atoms with E-state index in [4.69, 9.17) is 10.8 Å². The molecule has 6 nitrogen and oxygen atoms in total. The Morgan fingerprint density at radius 2 is 2.00 bits per heavy atom. The molecule has 1 amide bonds. The van der Waals surface area contributed by atoms with Crippen molar-refractivity contribution < 1.29 is 19.5 Å². The minimum absolute atomic E-state index is 0.0685. The summed E-state index contributed by atoms with van der Waals surface area (Å²) in [6, 6.07) is -0.870. The number of aliphatic carboxylic acids is 1. The third-order valence-electron chi connectivity index (χ3n) is 1.52. The molecule has 1 atom stereocenters. The van der Waals surface area contributed by atoms with E-state index in [1.54, 1.807) is 0 Å². The Morgan fingerprint density at radius 3 is 2.43 bits per heavy atom. The van der Waals surface area contributed by atoms with Crippen LogP contribution >= 0.6 is 0 Å². The summed E-state index contributed by atoms with van der Waals surface area (Å²) >= 11 is 0. The standard InChI is InChI=1S/C8H14N2O4/c1-5(11)4-10-8(14)6(9)2-3-7(12)13/h6H,2-4,9H2,1H3,(H,10,14)(H,12,13). The number of carboxylic acids is 1. The molecule has 0 aromatic rings. The van der Waals surface area contributed by atoms with Gasteiger partial charge in [0.2, 0.25) is 5.91 Å². The molecule has 0 fully saturated rings. The van der Waals surface area contributed by atoms with Crippen molar-refractivity contribution in [1.29, 1.82) is 0 Å². The van der Waals surface area contributed by atoms with Crippen LogP contribution in [-0.4, -0.2) is 35.4 Å². The Labute approximate surface area is 81.5 Å². The molecule has 0 heterocycles. The molecule has 1 unspecified atom stereocenters.